The molecule has 0 aromatic carbocycles. The molecule has 1 aromatic heterocycles. The molecule has 13 nitrogen and oxygen atoms in total. The average Bonchev–Trinajstić information content (AvgIpc) is 3.57. The number of aromatic nitrogens is 1. The SMILES string of the molecule is C/C=C(\NC(=O)c1csc(CNC(=O)OC(C)(C)C)n1)C(=O)N(C)[C@H](C(=O)O[C@H](/C=C/CCSC(=O)CCCCCCC)CC(=O)OCC[Si](C)(C)C)C(C)C. The highest BCUT2D eigenvalue weighted by Gasteiger charge is 2.34. The van der Waals surface area contributed by atoms with Gasteiger partial charge in [-0.05, 0) is 58.6 Å². The van der Waals surface area contributed by atoms with Crippen LogP contribution in [0, 0.1) is 5.92 Å². The molecule has 0 spiro atoms. The van der Waals surface area contributed by atoms with E-state index in [2.05, 4.69) is 42.2 Å². The van der Waals surface area contributed by atoms with Crippen LogP contribution in [0.25, 0.3) is 0 Å². The molecule has 0 unspecified atom stereocenters. The minimum Gasteiger partial charge on any atom is -0.466 e. The number of hydrogen-bond acceptors (Lipinski definition) is 12. The van der Waals surface area contributed by atoms with Gasteiger partial charge in [-0.25, -0.2) is 14.6 Å². The third-order valence-corrected chi connectivity index (χ3v) is 11.6. The van der Waals surface area contributed by atoms with Crippen LogP contribution in [0.3, 0.4) is 0 Å². The molecule has 1 aromatic rings. The smallest absolute Gasteiger partial charge is 0.408 e. The zero-order chi connectivity index (χ0) is 42.5. The predicted molar refractivity (Wildman–Crippen MR) is 226 cm³/mol. The number of thiazole rings is 1. The van der Waals surface area contributed by atoms with E-state index >= 15 is 0 Å². The van der Waals surface area contributed by atoms with Gasteiger partial charge in [-0.1, -0.05) is 90.0 Å². The van der Waals surface area contributed by atoms with Crippen LogP contribution in [0.15, 0.2) is 29.3 Å². The second-order valence-corrected chi connectivity index (χ2v) is 23.8. The fraction of sp³-hybridized carbons (Fsp3) is 0.675. The van der Waals surface area contributed by atoms with E-state index in [4.69, 9.17) is 14.2 Å². The van der Waals surface area contributed by atoms with Crippen LogP contribution >= 0.6 is 23.1 Å². The third kappa shape index (κ3) is 21.7. The van der Waals surface area contributed by atoms with Crippen LogP contribution in [0.5, 0.6) is 0 Å². The second-order valence-electron chi connectivity index (χ2n) is 16.1. The maximum absolute atomic E-state index is 13.8. The van der Waals surface area contributed by atoms with Crippen molar-refractivity contribution in [3.8, 4) is 0 Å². The highest BCUT2D eigenvalue weighted by Crippen LogP contribution is 2.19. The van der Waals surface area contributed by atoms with Crippen molar-refractivity contribution in [1.82, 2.24) is 20.5 Å². The molecular formula is C40H66N4O9S2Si. The van der Waals surface area contributed by atoms with E-state index in [1.807, 2.05) is 0 Å². The first-order chi connectivity index (χ1) is 26.2. The lowest BCUT2D eigenvalue weighted by Crippen LogP contribution is -2.49. The van der Waals surface area contributed by atoms with Crippen molar-refractivity contribution in [2.24, 2.45) is 5.92 Å². The largest absolute Gasteiger partial charge is 0.466 e. The molecule has 316 valence electrons. The first kappa shape index (κ1) is 50.5. The molecule has 0 saturated heterocycles. The van der Waals surface area contributed by atoms with Gasteiger partial charge in [-0.3, -0.25) is 19.2 Å². The predicted octanol–water partition coefficient (Wildman–Crippen LogP) is 8.03. The van der Waals surface area contributed by atoms with E-state index in [1.54, 1.807) is 53.7 Å². The van der Waals surface area contributed by atoms with Crippen molar-refractivity contribution >= 4 is 66.1 Å². The highest BCUT2D eigenvalue weighted by atomic mass is 32.2. The molecule has 0 radical (unpaired) electrons. The Bertz CT molecular complexity index is 1500. The van der Waals surface area contributed by atoms with Gasteiger partial charge >= 0.3 is 18.0 Å². The number of nitrogens with zero attached hydrogens (tertiary/aromatic N) is 2. The molecule has 0 fully saturated rings. The summed E-state index contributed by atoms with van der Waals surface area (Å²) in [5, 5.41) is 7.29. The Balaban J connectivity index is 2.99. The lowest BCUT2D eigenvalue weighted by molar-refractivity contribution is -0.160. The zero-order valence-corrected chi connectivity index (χ0v) is 38.0. The van der Waals surface area contributed by atoms with Gasteiger partial charge in [0.25, 0.3) is 11.8 Å². The van der Waals surface area contributed by atoms with Gasteiger partial charge in [0.15, 0.2) is 5.12 Å². The maximum atomic E-state index is 13.8. The molecular weight excluding hydrogens is 773 g/mol. The highest BCUT2D eigenvalue weighted by molar-refractivity contribution is 8.13. The van der Waals surface area contributed by atoms with Gasteiger partial charge < -0.3 is 29.7 Å². The molecule has 1 heterocycles. The van der Waals surface area contributed by atoms with E-state index in [9.17, 15) is 28.8 Å². The molecule has 0 aliphatic rings. The zero-order valence-electron chi connectivity index (χ0n) is 35.4. The topological polar surface area (TPSA) is 170 Å². The summed E-state index contributed by atoms with van der Waals surface area (Å²) < 4.78 is 16.6. The molecule has 56 heavy (non-hydrogen) atoms. The van der Waals surface area contributed by atoms with Crippen molar-refractivity contribution in [2.45, 2.75) is 150 Å². The van der Waals surface area contributed by atoms with Gasteiger partial charge in [0.05, 0.1) is 19.6 Å². The van der Waals surface area contributed by atoms with Gasteiger partial charge in [0.1, 0.15) is 34.1 Å². The lowest BCUT2D eigenvalue weighted by Gasteiger charge is -2.31. The number of amides is 3. The van der Waals surface area contributed by atoms with Gasteiger partial charge in [0.2, 0.25) is 0 Å². The molecule has 1 rings (SSSR count). The Hall–Kier alpha value is -3.50. The minimum atomic E-state index is -1.45. The number of unbranched alkanes of at least 4 members (excludes halogenated alkanes) is 4. The number of nitrogens with one attached hydrogen (secondary N) is 2. The number of esters is 2. The van der Waals surface area contributed by atoms with Crippen LogP contribution in [0.2, 0.25) is 25.7 Å². The second kappa shape index (κ2) is 25.7. The van der Waals surface area contributed by atoms with Crippen molar-refractivity contribution in [3.05, 3.63) is 40.0 Å². The van der Waals surface area contributed by atoms with Crippen LogP contribution < -0.4 is 10.6 Å². The van der Waals surface area contributed by atoms with Gasteiger partial charge in [-0.15, -0.1) is 11.3 Å². The molecule has 0 aliphatic heterocycles. The van der Waals surface area contributed by atoms with Gasteiger partial charge in [-0.2, -0.15) is 0 Å². The standard InChI is InChI=1S/C40H66N4O9S2Si/c1-12-14-15-16-17-21-34(46)54-23-19-18-20-29(25-33(45)51-22-24-56(9,10)11)52-38(49)35(28(3)4)44(8)37(48)30(13-2)43-36(47)31-27-55-32(42-31)26-41-39(50)53-40(5,6)7/h13,18,20,27-29,35H,12,14-17,19,21-26H2,1-11H3,(H,41,50)(H,43,47)/b20-18+,30-13-/t29-,35+/m1/s1. The van der Waals surface area contributed by atoms with E-state index in [0.717, 1.165) is 43.1 Å². The quantitative estimate of drug-likeness (QED) is 0.0258. The lowest BCUT2D eigenvalue weighted by atomic mass is 10.0. The number of carbonyl (C=O) groups is 6. The number of carbonyl (C=O) groups excluding carboxylic acids is 6. The third-order valence-electron chi connectivity index (χ3n) is 8.08. The van der Waals surface area contributed by atoms with Crippen molar-refractivity contribution in [1.29, 1.82) is 0 Å². The number of thioether (sulfide) groups is 1. The molecule has 2 N–H and O–H groups in total. The minimum absolute atomic E-state index is 0.0437. The number of hydrogen-bond donors (Lipinski definition) is 2. The van der Waals surface area contributed by atoms with E-state index in [0.29, 0.717) is 23.6 Å². The summed E-state index contributed by atoms with van der Waals surface area (Å²) in [6.07, 6.45) is 9.55. The van der Waals surface area contributed by atoms with Crippen molar-refractivity contribution in [2.75, 3.05) is 19.4 Å². The molecule has 0 saturated carbocycles. The summed E-state index contributed by atoms with van der Waals surface area (Å²) in [5.41, 5.74) is -0.699. The Morgan fingerprint density at radius 2 is 1.73 bits per heavy atom. The number of alkyl carbamates (subject to hydrolysis) is 1. The fourth-order valence-electron chi connectivity index (χ4n) is 5.08. The number of allylic oxidation sites excluding steroid dienone is 2. The normalized spacial score (nSPS) is 13.2. The molecule has 2 atom stereocenters. The Kier molecular flexibility index (Phi) is 23.2. The van der Waals surface area contributed by atoms with Gasteiger partial charge in [0, 0.05) is 32.7 Å². The Morgan fingerprint density at radius 1 is 1.05 bits per heavy atom. The summed E-state index contributed by atoms with van der Waals surface area (Å²) in [6.45, 7) is 19.4. The monoisotopic (exact) mass is 838 g/mol. The molecule has 16 heteroatoms. The Morgan fingerprint density at radius 3 is 2.34 bits per heavy atom. The van der Waals surface area contributed by atoms with Crippen LogP contribution in [0.4, 0.5) is 4.79 Å². The summed E-state index contributed by atoms with van der Waals surface area (Å²) in [5.74, 6) is -2.36. The van der Waals surface area contributed by atoms with Crippen molar-refractivity contribution < 1.29 is 43.0 Å². The summed E-state index contributed by atoms with van der Waals surface area (Å²) in [7, 11) is -0.00134. The number of likely N-dealkylation sites (N-methyl/N-ethyl adjacent to an activating group) is 1. The molecule has 0 bridgehead atoms. The summed E-state index contributed by atoms with van der Waals surface area (Å²) in [6, 6.07) is -0.271. The Labute approximate surface area is 343 Å². The van der Waals surface area contributed by atoms with E-state index in [-0.39, 0.29) is 36.1 Å². The molecule has 0 aliphatic carbocycles. The van der Waals surface area contributed by atoms with E-state index < -0.39 is 61.6 Å². The van der Waals surface area contributed by atoms with E-state index in [1.165, 1.54) is 41.6 Å². The summed E-state index contributed by atoms with van der Waals surface area (Å²) in [4.78, 5) is 83.2. The number of rotatable bonds is 24. The van der Waals surface area contributed by atoms with Crippen molar-refractivity contribution in [3.63, 3.8) is 0 Å². The number of ether oxygens (including phenoxy) is 3. The first-order valence-corrected chi connectivity index (χ1v) is 25.1. The maximum Gasteiger partial charge on any atom is 0.408 e. The average molecular weight is 839 g/mol. The fourth-order valence-corrected chi connectivity index (χ4v) is 7.28. The first-order valence-electron chi connectivity index (χ1n) is 19.5. The van der Waals surface area contributed by atoms with Crippen LogP contribution in [0.1, 0.15) is 115 Å². The van der Waals surface area contributed by atoms with Crippen LogP contribution in [-0.2, 0) is 39.9 Å². The molecule has 3 amide bonds. The van der Waals surface area contributed by atoms with Crippen LogP contribution in [-0.4, -0.2) is 90.1 Å². The summed E-state index contributed by atoms with van der Waals surface area (Å²) >= 11 is 2.43.